The lowest BCUT2D eigenvalue weighted by Crippen LogP contribution is -2.42. The molecule has 112 valence electrons. The Balaban J connectivity index is 2.21. The number of benzene rings is 1. The molecule has 2 rings (SSSR count). The van der Waals surface area contributed by atoms with E-state index in [1.165, 1.54) is 18.2 Å². The van der Waals surface area contributed by atoms with Crippen LogP contribution in [-0.4, -0.2) is 26.3 Å². The maximum atomic E-state index is 12.6. The molecule has 0 saturated heterocycles. The summed E-state index contributed by atoms with van der Waals surface area (Å²) in [6.45, 7) is 0.128. The zero-order valence-electron chi connectivity index (χ0n) is 10.9. The van der Waals surface area contributed by atoms with Gasteiger partial charge in [0.25, 0.3) is 0 Å². The quantitative estimate of drug-likeness (QED) is 0.906. The highest BCUT2D eigenvalue weighted by Crippen LogP contribution is 2.31. The first-order valence-electron chi connectivity index (χ1n) is 6.38. The number of para-hydroxylation sites is 1. The molecule has 0 heterocycles. The summed E-state index contributed by atoms with van der Waals surface area (Å²) in [7, 11) is -4.67. The third-order valence-electron chi connectivity index (χ3n) is 3.50. The molecular weight excluding hydrogens is 288 g/mol. The molecule has 0 spiro atoms. The molecule has 1 aliphatic rings. The van der Waals surface area contributed by atoms with E-state index in [-0.39, 0.29) is 12.4 Å². The fourth-order valence-corrected chi connectivity index (χ4v) is 3.21. The Morgan fingerprint density at radius 2 is 1.85 bits per heavy atom. The molecule has 0 bridgehead atoms. The largest absolute Gasteiger partial charge is 0.490 e. The van der Waals surface area contributed by atoms with Gasteiger partial charge in [0, 0.05) is 0 Å². The minimum atomic E-state index is -4.67. The summed E-state index contributed by atoms with van der Waals surface area (Å²) in [5.74, 6) is -3.53. The molecule has 1 aliphatic carbocycles. The van der Waals surface area contributed by atoms with Crippen LogP contribution in [0.2, 0.25) is 0 Å². The van der Waals surface area contributed by atoms with Gasteiger partial charge in [0.05, 0.1) is 5.54 Å². The fourth-order valence-electron chi connectivity index (χ4n) is 2.35. The molecule has 7 heteroatoms. The summed E-state index contributed by atoms with van der Waals surface area (Å²) in [6, 6.07) is 5.41. The summed E-state index contributed by atoms with van der Waals surface area (Å²) < 4.78 is 53.8. The van der Waals surface area contributed by atoms with Crippen molar-refractivity contribution < 1.29 is 21.9 Å². The van der Waals surface area contributed by atoms with E-state index >= 15 is 0 Å². The highest BCUT2D eigenvalue weighted by atomic mass is 32.2. The number of nitrogens with two attached hydrogens (primary N) is 1. The monoisotopic (exact) mass is 305 g/mol. The average Bonchev–Trinajstić information content (AvgIpc) is 2.84. The van der Waals surface area contributed by atoms with E-state index in [0.29, 0.717) is 0 Å². The Kier molecular flexibility index (Phi) is 4.29. The molecule has 2 N–H and O–H groups in total. The van der Waals surface area contributed by atoms with Gasteiger partial charge < -0.3 is 10.5 Å². The van der Waals surface area contributed by atoms with E-state index in [9.17, 15) is 17.2 Å². The van der Waals surface area contributed by atoms with E-state index < -0.39 is 26.0 Å². The second-order valence-electron chi connectivity index (χ2n) is 5.11. The Morgan fingerprint density at radius 3 is 2.45 bits per heavy atom. The van der Waals surface area contributed by atoms with Crippen molar-refractivity contribution >= 4 is 9.84 Å². The number of hydrogen-bond donors (Lipinski definition) is 1. The van der Waals surface area contributed by atoms with Gasteiger partial charge in [-0.1, -0.05) is 25.0 Å². The van der Waals surface area contributed by atoms with Gasteiger partial charge >= 0.3 is 5.76 Å². The van der Waals surface area contributed by atoms with Crippen LogP contribution >= 0.6 is 0 Å². The van der Waals surface area contributed by atoms with Crippen LogP contribution in [0, 0.1) is 0 Å². The second-order valence-corrected chi connectivity index (χ2v) is 7.00. The van der Waals surface area contributed by atoms with Gasteiger partial charge in [0.15, 0.2) is 0 Å². The van der Waals surface area contributed by atoms with Crippen LogP contribution in [0.1, 0.15) is 25.7 Å². The third-order valence-corrected chi connectivity index (χ3v) is 4.92. The molecule has 0 unspecified atom stereocenters. The predicted octanol–water partition coefficient (Wildman–Crippen LogP) is 2.33. The highest BCUT2D eigenvalue weighted by molar-refractivity contribution is 7.91. The normalized spacial score (nSPS) is 18.4. The van der Waals surface area contributed by atoms with Crippen molar-refractivity contribution in [2.24, 2.45) is 5.73 Å². The topological polar surface area (TPSA) is 69.4 Å². The molecule has 0 aromatic heterocycles. The third kappa shape index (κ3) is 3.09. The predicted molar refractivity (Wildman–Crippen MR) is 70.5 cm³/mol. The van der Waals surface area contributed by atoms with Crippen LogP contribution < -0.4 is 10.5 Å². The Morgan fingerprint density at radius 1 is 1.25 bits per heavy atom. The van der Waals surface area contributed by atoms with Gasteiger partial charge in [0.1, 0.15) is 17.3 Å². The molecule has 1 fully saturated rings. The maximum absolute atomic E-state index is 12.6. The molecule has 0 amide bonds. The number of rotatable bonds is 5. The van der Waals surface area contributed by atoms with E-state index in [0.717, 1.165) is 31.7 Å². The number of ether oxygens (including phenoxy) is 1. The number of halogens is 2. The van der Waals surface area contributed by atoms with Crippen LogP contribution in [-0.2, 0) is 9.84 Å². The first kappa shape index (κ1) is 15.2. The van der Waals surface area contributed by atoms with Crippen LogP contribution in [0.5, 0.6) is 5.75 Å². The van der Waals surface area contributed by atoms with Gasteiger partial charge in [0.2, 0.25) is 9.84 Å². The van der Waals surface area contributed by atoms with Crippen molar-refractivity contribution in [3.8, 4) is 5.75 Å². The minimum absolute atomic E-state index is 0.0653. The van der Waals surface area contributed by atoms with Crippen molar-refractivity contribution in [2.45, 2.75) is 41.9 Å². The molecule has 0 radical (unpaired) electrons. The average molecular weight is 305 g/mol. The molecule has 0 atom stereocenters. The molecule has 20 heavy (non-hydrogen) atoms. The highest BCUT2D eigenvalue weighted by Gasteiger charge is 2.33. The van der Waals surface area contributed by atoms with Crippen molar-refractivity contribution in [1.29, 1.82) is 0 Å². The van der Waals surface area contributed by atoms with Gasteiger partial charge in [-0.3, -0.25) is 0 Å². The van der Waals surface area contributed by atoms with Crippen LogP contribution in [0.4, 0.5) is 8.78 Å². The van der Waals surface area contributed by atoms with E-state index in [1.54, 1.807) is 0 Å². The molecule has 4 nitrogen and oxygen atoms in total. The van der Waals surface area contributed by atoms with Crippen molar-refractivity contribution in [3.63, 3.8) is 0 Å². The Bertz CT molecular complexity index is 569. The summed E-state index contributed by atoms with van der Waals surface area (Å²) in [4.78, 5) is -0.489. The molecule has 1 aromatic carbocycles. The number of hydrogen-bond acceptors (Lipinski definition) is 4. The lowest BCUT2D eigenvalue weighted by molar-refractivity contribution is 0.213. The Labute approximate surface area is 116 Å². The Hall–Kier alpha value is -1.21. The molecular formula is C13H17F2NO3S. The van der Waals surface area contributed by atoms with Crippen molar-refractivity contribution in [1.82, 2.24) is 0 Å². The summed E-state index contributed by atoms with van der Waals surface area (Å²) >= 11 is 0. The number of sulfone groups is 1. The standard InChI is InChI=1S/C13H17F2NO3S/c14-12(15)20(17,18)11-6-2-1-5-10(11)19-9-13(16)7-3-4-8-13/h1-2,5-6,12H,3-4,7-9,16H2. The van der Waals surface area contributed by atoms with E-state index in [2.05, 4.69) is 0 Å². The number of alkyl halides is 2. The summed E-state index contributed by atoms with van der Waals surface area (Å²) in [5, 5.41) is 0. The summed E-state index contributed by atoms with van der Waals surface area (Å²) in [6.07, 6.45) is 3.57. The molecule has 1 saturated carbocycles. The first-order chi connectivity index (χ1) is 9.35. The van der Waals surface area contributed by atoms with Gasteiger partial charge in [-0.15, -0.1) is 0 Å². The van der Waals surface area contributed by atoms with Crippen LogP contribution in [0.15, 0.2) is 29.2 Å². The van der Waals surface area contributed by atoms with Gasteiger partial charge in [-0.25, -0.2) is 8.42 Å². The maximum Gasteiger partial charge on any atom is 0.341 e. The van der Waals surface area contributed by atoms with E-state index in [1.807, 2.05) is 0 Å². The lowest BCUT2D eigenvalue weighted by Gasteiger charge is -2.24. The lowest BCUT2D eigenvalue weighted by atomic mass is 10.0. The van der Waals surface area contributed by atoms with E-state index in [4.69, 9.17) is 10.5 Å². The molecule has 1 aromatic rings. The first-order valence-corrected chi connectivity index (χ1v) is 7.93. The zero-order valence-corrected chi connectivity index (χ0v) is 11.7. The zero-order chi connectivity index (χ0) is 14.8. The van der Waals surface area contributed by atoms with Gasteiger partial charge in [-0.2, -0.15) is 8.78 Å². The summed E-state index contributed by atoms with van der Waals surface area (Å²) in [5.41, 5.74) is 5.60. The van der Waals surface area contributed by atoms with Crippen molar-refractivity contribution in [2.75, 3.05) is 6.61 Å². The van der Waals surface area contributed by atoms with Crippen LogP contribution in [0.3, 0.4) is 0 Å². The van der Waals surface area contributed by atoms with Crippen LogP contribution in [0.25, 0.3) is 0 Å². The smallest absolute Gasteiger partial charge is 0.341 e. The molecule has 0 aliphatic heterocycles. The van der Waals surface area contributed by atoms with Crippen molar-refractivity contribution in [3.05, 3.63) is 24.3 Å². The van der Waals surface area contributed by atoms with Gasteiger partial charge in [-0.05, 0) is 25.0 Å². The minimum Gasteiger partial charge on any atom is -0.490 e. The fraction of sp³-hybridized carbons (Fsp3) is 0.538. The second kappa shape index (κ2) is 5.65. The SMILES string of the molecule is NC1(COc2ccccc2S(=O)(=O)C(F)F)CCCC1.